The fraction of sp³-hybridized carbons (Fsp3) is 0.227. The van der Waals surface area contributed by atoms with Crippen molar-refractivity contribution in [2.75, 3.05) is 38.2 Å². The summed E-state index contributed by atoms with van der Waals surface area (Å²) in [6.07, 6.45) is 0. The molecule has 2 aromatic carbocycles. The largest absolute Gasteiger partial charge is 0.495 e. The molecule has 2 heterocycles. The number of benzene rings is 2. The number of hydrogen-bond donors (Lipinski definition) is 0. The number of piperazine rings is 1. The number of carbonyl (C=O) groups excluding carboxylic acids is 1. The number of para-hydroxylation sites is 2. The van der Waals surface area contributed by atoms with Crippen molar-refractivity contribution in [2.24, 2.45) is 0 Å². The molecule has 0 atom stereocenters. The maximum atomic E-state index is 13.2. The van der Waals surface area contributed by atoms with Crippen molar-refractivity contribution in [3.63, 3.8) is 0 Å². The van der Waals surface area contributed by atoms with E-state index in [0.717, 1.165) is 10.4 Å². The molecule has 0 saturated carbocycles. The summed E-state index contributed by atoms with van der Waals surface area (Å²) >= 11 is 1.42. The minimum absolute atomic E-state index is 0.0683. The number of methoxy groups -OCH3 is 1. The summed E-state index contributed by atoms with van der Waals surface area (Å²) in [5, 5.41) is 11.3. The third-order valence-electron chi connectivity index (χ3n) is 5.16. The molecule has 1 saturated heterocycles. The number of ether oxygens (including phenoxy) is 1. The number of thiophene rings is 1. The van der Waals surface area contributed by atoms with E-state index >= 15 is 0 Å². The van der Waals surface area contributed by atoms with Gasteiger partial charge in [0, 0.05) is 37.1 Å². The van der Waals surface area contributed by atoms with Crippen LogP contribution in [0.1, 0.15) is 9.67 Å². The Bertz CT molecular complexity index is 1060. The second kappa shape index (κ2) is 8.54. The molecule has 0 N–H and O–H groups in total. The second-order valence-electron chi connectivity index (χ2n) is 6.90. The van der Waals surface area contributed by atoms with Gasteiger partial charge >= 0.3 is 0 Å². The Balaban J connectivity index is 1.50. The molecule has 4 rings (SSSR count). The van der Waals surface area contributed by atoms with Crippen LogP contribution < -0.4 is 9.64 Å². The monoisotopic (exact) mass is 423 g/mol. The topological polar surface area (TPSA) is 75.9 Å². The van der Waals surface area contributed by atoms with Crippen molar-refractivity contribution in [1.29, 1.82) is 0 Å². The van der Waals surface area contributed by atoms with Gasteiger partial charge in [0.05, 0.1) is 12.0 Å². The number of amides is 1. The second-order valence-corrected chi connectivity index (χ2v) is 7.95. The Labute approximate surface area is 178 Å². The van der Waals surface area contributed by atoms with E-state index < -0.39 is 0 Å². The van der Waals surface area contributed by atoms with Gasteiger partial charge in [-0.2, -0.15) is 0 Å². The molecule has 1 aromatic heterocycles. The maximum Gasteiger partial charge on any atom is 0.292 e. The van der Waals surface area contributed by atoms with E-state index in [2.05, 4.69) is 0 Å². The highest BCUT2D eigenvalue weighted by Gasteiger charge is 2.28. The molecule has 0 aliphatic carbocycles. The molecule has 0 spiro atoms. The van der Waals surface area contributed by atoms with Crippen LogP contribution in [0.5, 0.6) is 5.75 Å². The fourth-order valence-electron chi connectivity index (χ4n) is 3.60. The first-order valence-corrected chi connectivity index (χ1v) is 10.4. The minimum Gasteiger partial charge on any atom is -0.495 e. The molecule has 0 bridgehead atoms. The molecule has 154 valence electrons. The maximum absolute atomic E-state index is 13.2. The van der Waals surface area contributed by atoms with Gasteiger partial charge in [0.1, 0.15) is 16.3 Å². The van der Waals surface area contributed by atoms with Crippen molar-refractivity contribution < 1.29 is 14.5 Å². The van der Waals surface area contributed by atoms with E-state index in [1.165, 1.54) is 17.4 Å². The zero-order valence-corrected chi connectivity index (χ0v) is 17.3. The summed E-state index contributed by atoms with van der Waals surface area (Å²) in [6, 6.07) is 18.5. The van der Waals surface area contributed by atoms with Crippen molar-refractivity contribution in [3.05, 3.63) is 75.7 Å². The van der Waals surface area contributed by atoms with Gasteiger partial charge < -0.3 is 14.5 Å². The smallest absolute Gasteiger partial charge is 0.292 e. The molecule has 1 amide bonds. The lowest BCUT2D eigenvalue weighted by molar-refractivity contribution is -0.384. The van der Waals surface area contributed by atoms with Crippen LogP contribution in [0.3, 0.4) is 0 Å². The van der Waals surface area contributed by atoms with Crippen LogP contribution in [0.4, 0.5) is 11.4 Å². The zero-order valence-electron chi connectivity index (χ0n) is 16.5. The number of rotatable bonds is 5. The molecule has 1 fully saturated rings. The summed E-state index contributed by atoms with van der Waals surface area (Å²) in [5.41, 5.74) is 1.72. The van der Waals surface area contributed by atoms with Crippen LogP contribution in [0, 0.1) is 10.1 Å². The summed E-state index contributed by atoms with van der Waals surface area (Å²) in [6.45, 7) is 2.06. The normalized spacial score (nSPS) is 13.9. The first-order chi connectivity index (χ1) is 14.6. The number of nitro groups is 1. The Hall–Kier alpha value is -3.39. The molecular weight excluding hydrogens is 402 g/mol. The van der Waals surface area contributed by atoms with E-state index in [9.17, 15) is 14.9 Å². The van der Waals surface area contributed by atoms with E-state index in [0.29, 0.717) is 42.5 Å². The first kappa shape index (κ1) is 19.9. The lowest BCUT2D eigenvalue weighted by Gasteiger charge is -2.35. The molecule has 30 heavy (non-hydrogen) atoms. The van der Waals surface area contributed by atoms with Gasteiger partial charge in [0.15, 0.2) is 0 Å². The minimum atomic E-state index is -0.367. The van der Waals surface area contributed by atoms with E-state index in [-0.39, 0.29) is 16.5 Å². The molecule has 0 unspecified atom stereocenters. The van der Waals surface area contributed by atoms with Crippen LogP contribution in [-0.4, -0.2) is 49.0 Å². The quantitative estimate of drug-likeness (QED) is 0.452. The number of nitrogens with zero attached hydrogens (tertiary/aromatic N) is 3. The van der Waals surface area contributed by atoms with Crippen molar-refractivity contribution in [3.8, 4) is 16.2 Å². The fourth-order valence-corrected chi connectivity index (χ4v) is 4.70. The van der Waals surface area contributed by atoms with Crippen LogP contribution in [0.2, 0.25) is 0 Å². The van der Waals surface area contributed by atoms with Gasteiger partial charge in [-0.05, 0) is 17.7 Å². The van der Waals surface area contributed by atoms with Gasteiger partial charge in [0.2, 0.25) is 0 Å². The van der Waals surface area contributed by atoms with Crippen molar-refractivity contribution >= 4 is 28.6 Å². The molecule has 0 radical (unpaired) electrons. The van der Waals surface area contributed by atoms with Crippen molar-refractivity contribution in [1.82, 2.24) is 4.90 Å². The van der Waals surface area contributed by atoms with E-state index in [1.54, 1.807) is 30.2 Å². The highest BCUT2D eigenvalue weighted by molar-refractivity contribution is 7.17. The lowest BCUT2D eigenvalue weighted by atomic mass is 10.2. The summed E-state index contributed by atoms with van der Waals surface area (Å²) in [7, 11) is 1.57. The van der Waals surface area contributed by atoms with Gasteiger partial charge in [0.25, 0.3) is 11.6 Å². The summed E-state index contributed by atoms with van der Waals surface area (Å²) < 4.78 is 5.47. The van der Waals surface area contributed by atoms with Crippen LogP contribution in [0.15, 0.2) is 60.7 Å². The first-order valence-electron chi connectivity index (χ1n) is 9.59. The number of anilines is 1. The van der Waals surface area contributed by atoms with Gasteiger partial charge in [-0.3, -0.25) is 14.9 Å². The highest BCUT2D eigenvalue weighted by atomic mass is 32.1. The number of hydrogen-bond acceptors (Lipinski definition) is 6. The highest BCUT2D eigenvalue weighted by Crippen LogP contribution is 2.37. The Morgan fingerprint density at radius 3 is 2.37 bits per heavy atom. The molecular formula is C22H21N3O4S. The number of carbonyl (C=O) groups is 1. The SMILES string of the molecule is COc1cc(-c2ccccc2)sc1C(=O)N1CCN(c2ccccc2[N+](=O)[O-])CC1. The summed E-state index contributed by atoms with van der Waals surface area (Å²) in [5.74, 6) is 0.506. The third kappa shape index (κ3) is 3.86. The summed E-state index contributed by atoms with van der Waals surface area (Å²) in [4.78, 5) is 29.4. The molecule has 1 aliphatic rings. The number of nitro benzene ring substituents is 1. The van der Waals surface area contributed by atoms with Crippen LogP contribution in [0.25, 0.3) is 10.4 Å². The van der Waals surface area contributed by atoms with Crippen molar-refractivity contribution in [2.45, 2.75) is 0 Å². The van der Waals surface area contributed by atoms with Gasteiger partial charge in [-0.1, -0.05) is 42.5 Å². The average Bonchev–Trinajstić information content (AvgIpc) is 3.24. The Morgan fingerprint density at radius 1 is 1.03 bits per heavy atom. The molecule has 7 nitrogen and oxygen atoms in total. The van der Waals surface area contributed by atoms with E-state index in [1.807, 2.05) is 41.3 Å². The van der Waals surface area contributed by atoms with E-state index in [4.69, 9.17) is 4.74 Å². The van der Waals surface area contributed by atoms with Crippen LogP contribution >= 0.6 is 11.3 Å². The predicted molar refractivity (Wildman–Crippen MR) is 118 cm³/mol. The third-order valence-corrected chi connectivity index (χ3v) is 6.31. The van der Waals surface area contributed by atoms with Gasteiger partial charge in [-0.15, -0.1) is 11.3 Å². The molecule has 1 aliphatic heterocycles. The molecule has 8 heteroatoms. The zero-order chi connectivity index (χ0) is 21.1. The average molecular weight is 423 g/mol. The predicted octanol–water partition coefficient (Wildman–Crippen LogP) is 4.29. The standard InChI is InChI=1S/C22H21N3O4S/c1-29-19-15-20(16-7-3-2-4-8-16)30-21(19)22(26)24-13-11-23(12-14-24)17-9-5-6-10-18(17)25(27)28/h2-10,15H,11-14H2,1H3. The van der Waals surface area contributed by atoms with Gasteiger partial charge in [-0.25, -0.2) is 0 Å². The van der Waals surface area contributed by atoms with Crippen LogP contribution in [-0.2, 0) is 0 Å². The Kier molecular flexibility index (Phi) is 5.67. The molecule has 3 aromatic rings. The Morgan fingerprint density at radius 2 is 1.70 bits per heavy atom. The lowest BCUT2D eigenvalue weighted by Crippen LogP contribution is -2.48.